The second kappa shape index (κ2) is 5.04. The van der Waals surface area contributed by atoms with E-state index < -0.39 is 17.7 Å². The van der Waals surface area contributed by atoms with Crippen molar-refractivity contribution in [2.75, 3.05) is 0 Å². The van der Waals surface area contributed by atoms with Crippen LogP contribution in [0.25, 0.3) is 0 Å². The summed E-state index contributed by atoms with van der Waals surface area (Å²) in [5.41, 5.74) is 6.84. The van der Waals surface area contributed by atoms with Crippen LogP contribution in [0.15, 0.2) is 24.5 Å². The van der Waals surface area contributed by atoms with Crippen LogP contribution in [0.3, 0.4) is 0 Å². The molecule has 6 heteroatoms. The monoisotopic (exact) mass is 271 g/mol. The second-order valence-electron chi connectivity index (χ2n) is 4.12. The highest BCUT2D eigenvalue weighted by Crippen LogP contribution is 2.24. The van der Waals surface area contributed by atoms with Gasteiger partial charge in [-0.2, -0.15) is 5.10 Å². The van der Waals surface area contributed by atoms with Crippen molar-refractivity contribution in [3.05, 3.63) is 52.3 Å². The molecule has 1 aromatic heterocycles. The Kier molecular flexibility index (Phi) is 3.63. The molecule has 0 spiro atoms. The highest BCUT2D eigenvalue weighted by atomic mass is 35.5. The Morgan fingerprint density at radius 1 is 1.39 bits per heavy atom. The van der Waals surface area contributed by atoms with Crippen LogP contribution in [0.4, 0.5) is 8.78 Å². The molecule has 2 N–H and O–H groups in total. The van der Waals surface area contributed by atoms with E-state index in [2.05, 4.69) is 5.10 Å². The van der Waals surface area contributed by atoms with Gasteiger partial charge >= 0.3 is 0 Å². The first kappa shape index (κ1) is 13.0. The molecule has 0 aliphatic rings. The highest BCUT2D eigenvalue weighted by Gasteiger charge is 2.16. The van der Waals surface area contributed by atoms with Crippen molar-refractivity contribution in [3.8, 4) is 0 Å². The molecule has 0 amide bonds. The smallest absolute Gasteiger partial charge is 0.142 e. The summed E-state index contributed by atoms with van der Waals surface area (Å²) >= 11 is 5.48. The zero-order chi connectivity index (χ0) is 13.3. The van der Waals surface area contributed by atoms with Gasteiger partial charge in [-0.3, -0.25) is 4.68 Å². The van der Waals surface area contributed by atoms with Crippen LogP contribution in [0, 0.1) is 11.6 Å². The molecule has 0 aliphatic carbocycles. The molecular weight excluding hydrogens is 260 g/mol. The van der Waals surface area contributed by atoms with Gasteiger partial charge in [0.25, 0.3) is 0 Å². The quantitative estimate of drug-likeness (QED) is 0.872. The van der Waals surface area contributed by atoms with Crippen LogP contribution in [-0.4, -0.2) is 9.78 Å². The van der Waals surface area contributed by atoms with Crippen molar-refractivity contribution in [2.24, 2.45) is 12.8 Å². The first-order chi connectivity index (χ1) is 8.47. The third-order valence-electron chi connectivity index (χ3n) is 2.65. The summed E-state index contributed by atoms with van der Waals surface area (Å²) in [5.74, 6) is -1.27. The van der Waals surface area contributed by atoms with Gasteiger partial charge in [0.1, 0.15) is 11.6 Å². The first-order valence-corrected chi connectivity index (χ1v) is 5.72. The topological polar surface area (TPSA) is 43.8 Å². The summed E-state index contributed by atoms with van der Waals surface area (Å²) in [6, 6.07) is 1.34. The molecule has 96 valence electrons. The summed E-state index contributed by atoms with van der Waals surface area (Å²) in [6.45, 7) is 0. The van der Waals surface area contributed by atoms with E-state index in [1.54, 1.807) is 24.1 Å². The minimum atomic E-state index is -0.672. The lowest BCUT2D eigenvalue weighted by atomic mass is 10.0. The summed E-state index contributed by atoms with van der Waals surface area (Å²) in [6.07, 6.45) is 3.81. The van der Waals surface area contributed by atoms with Gasteiger partial charge in [0.2, 0.25) is 0 Å². The predicted octanol–water partition coefficient (Wildman–Crippen LogP) is 2.59. The summed E-state index contributed by atoms with van der Waals surface area (Å²) in [7, 11) is 1.78. The van der Waals surface area contributed by atoms with Gasteiger partial charge < -0.3 is 5.73 Å². The maximum atomic E-state index is 13.6. The molecule has 2 rings (SSSR count). The van der Waals surface area contributed by atoms with Crippen molar-refractivity contribution in [3.63, 3.8) is 0 Å². The molecule has 1 atom stereocenters. The van der Waals surface area contributed by atoms with Gasteiger partial charge in [-0.05, 0) is 24.1 Å². The average molecular weight is 272 g/mol. The van der Waals surface area contributed by atoms with E-state index in [9.17, 15) is 8.78 Å². The van der Waals surface area contributed by atoms with Crippen LogP contribution in [0.2, 0.25) is 5.02 Å². The minimum absolute atomic E-state index is 0.112. The number of aryl methyl sites for hydroxylation is 1. The van der Waals surface area contributed by atoms with Crippen molar-refractivity contribution < 1.29 is 8.78 Å². The fraction of sp³-hybridized carbons (Fsp3) is 0.250. The Labute approximate surface area is 108 Å². The average Bonchev–Trinajstić information content (AvgIpc) is 2.69. The SMILES string of the molecule is Cn1cc(CC(N)c2cc(F)c(Cl)cc2F)cn1. The van der Waals surface area contributed by atoms with Crippen LogP contribution in [-0.2, 0) is 13.5 Å². The molecule has 1 unspecified atom stereocenters. The molecular formula is C12H12ClF2N3. The van der Waals surface area contributed by atoms with Gasteiger partial charge in [-0.25, -0.2) is 8.78 Å². The Morgan fingerprint density at radius 3 is 2.72 bits per heavy atom. The first-order valence-electron chi connectivity index (χ1n) is 5.35. The van der Waals surface area contributed by atoms with Crippen LogP contribution < -0.4 is 5.73 Å². The lowest BCUT2D eigenvalue weighted by molar-refractivity contribution is 0.561. The number of nitrogens with zero attached hydrogens (tertiary/aromatic N) is 2. The van der Waals surface area contributed by atoms with E-state index in [0.717, 1.165) is 17.7 Å². The van der Waals surface area contributed by atoms with Gasteiger partial charge in [-0.15, -0.1) is 0 Å². The zero-order valence-corrected chi connectivity index (χ0v) is 10.5. The highest BCUT2D eigenvalue weighted by molar-refractivity contribution is 6.30. The minimum Gasteiger partial charge on any atom is -0.324 e. The maximum absolute atomic E-state index is 13.6. The zero-order valence-electron chi connectivity index (χ0n) is 9.70. The van der Waals surface area contributed by atoms with Crippen molar-refractivity contribution in [2.45, 2.75) is 12.5 Å². The van der Waals surface area contributed by atoms with Gasteiger partial charge in [0, 0.05) is 24.8 Å². The number of benzene rings is 1. The van der Waals surface area contributed by atoms with E-state index in [-0.39, 0.29) is 10.6 Å². The molecule has 0 saturated heterocycles. The largest absolute Gasteiger partial charge is 0.324 e. The summed E-state index contributed by atoms with van der Waals surface area (Å²) in [4.78, 5) is 0. The maximum Gasteiger partial charge on any atom is 0.142 e. The molecule has 3 nitrogen and oxygen atoms in total. The van der Waals surface area contributed by atoms with Crippen LogP contribution in [0.5, 0.6) is 0 Å². The molecule has 1 heterocycles. The fourth-order valence-corrected chi connectivity index (χ4v) is 1.91. The molecule has 18 heavy (non-hydrogen) atoms. The molecule has 0 fully saturated rings. The van der Waals surface area contributed by atoms with Gasteiger partial charge in [0.05, 0.1) is 11.2 Å². The normalized spacial score (nSPS) is 12.7. The van der Waals surface area contributed by atoms with Crippen LogP contribution >= 0.6 is 11.6 Å². The third kappa shape index (κ3) is 2.68. The van der Waals surface area contributed by atoms with Crippen molar-refractivity contribution in [1.82, 2.24) is 9.78 Å². The number of hydrogen-bond acceptors (Lipinski definition) is 2. The number of nitrogens with two attached hydrogens (primary N) is 1. The van der Waals surface area contributed by atoms with E-state index in [4.69, 9.17) is 17.3 Å². The number of halogens is 3. The fourth-order valence-electron chi connectivity index (χ4n) is 1.76. The van der Waals surface area contributed by atoms with Gasteiger partial charge in [0.15, 0.2) is 0 Å². The Bertz CT molecular complexity index is 568. The Morgan fingerprint density at radius 2 is 2.11 bits per heavy atom. The molecule has 2 aromatic rings. The Balaban J connectivity index is 2.23. The van der Waals surface area contributed by atoms with Crippen molar-refractivity contribution >= 4 is 11.6 Å². The number of aromatic nitrogens is 2. The molecule has 0 radical (unpaired) electrons. The van der Waals surface area contributed by atoms with Gasteiger partial charge in [-0.1, -0.05) is 11.6 Å². The standard InChI is InChI=1S/C12H12ClF2N3/c1-18-6-7(5-17-18)2-12(16)8-3-11(15)9(13)4-10(8)14/h3-6,12H,2,16H2,1H3. The van der Waals surface area contributed by atoms with E-state index >= 15 is 0 Å². The Hall–Kier alpha value is -1.46. The lowest BCUT2D eigenvalue weighted by Gasteiger charge is -2.12. The van der Waals surface area contributed by atoms with E-state index in [1.165, 1.54) is 0 Å². The number of rotatable bonds is 3. The molecule has 0 saturated carbocycles. The summed E-state index contributed by atoms with van der Waals surface area (Å²) < 4.78 is 28.6. The number of hydrogen-bond donors (Lipinski definition) is 1. The molecule has 1 aromatic carbocycles. The molecule has 0 bridgehead atoms. The second-order valence-corrected chi connectivity index (χ2v) is 4.53. The summed E-state index contributed by atoms with van der Waals surface area (Å²) in [5, 5.41) is 3.74. The van der Waals surface area contributed by atoms with E-state index in [1.807, 2.05) is 0 Å². The van der Waals surface area contributed by atoms with Crippen molar-refractivity contribution in [1.29, 1.82) is 0 Å². The molecule has 0 aliphatic heterocycles. The third-order valence-corrected chi connectivity index (χ3v) is 2.94. The van der Waals surface area contributed by atoms with Crippen LogP contribution in [0.1, 0.15) is 17.2 Å². The predicted molar refractivity (Wildman–Crippen MR) is 65.2 cm³/mol. The van der Waals surface area contributed by atoms with E-state index in [0.29, 0.717) is 6.42 Å². The lowest BCUT2D eigenvalue weighted by Crippen LogP contribution is -2.15.